The third kappa shape index (κ3) is 6.36. The Labute approximate surface area is 237 Å². The van der Waals surface area contributed by atoms with E-state index in [2.05, 4.69) is 0 Å². The number of likely N-dealkylation sites (N-methyl/N-ethyl adjacent to an activating group) is 1. The molecule has 0 aliphatic carbocycles. The number of hydrogen-bond donors (Lipinski definition) is 0. The molecule has 0 radical (unpaired) electrons. The number of amides is 3. The average molecular weight is 585 g/mol. The van der Waals surface area contributed by atoms with E-state index < -0.39 is 0 Å². The second-order valence-corrected chi connectivity index (χ2v) is 11.5. The van der Waals surface area contributed by atoms with Gasteiger partial charge in [-0.25, -0.2) is 0 Å². The molecule has 2 fully saturated rings. The number of nitrogens with zero attached hydrogens (tertiary/aromatic N) is 3. The first-order valence-electron chi connectivity index (χ1n) is 12.3. The van der Waals surface area contributed by atoms with E-state index >= 15 is 0 Å². The molecule has 37 heavy (non-hydrogen) atoms. The summed E-state index contributed by atoms with van der Waals surface area (Å²) in [5, 5.41) is 1.65. The van der Waals surface area contributed by atoms with Crippen molar-refractivity contribution < 1.29 is 14.4 Å². The van der Waals surface area contributed by atoms with Crippen molar-refractivity contribution in [1.82, 2.24) is 14.7 Å². The van der Waals surface area contributed by atoms with Crippen LogP contribution in [0.5, 0.6) is 0 Å². The molecule has 2 aromatic rings. The molecule has 6 nitrogen and oxygen atoms in total. The maximum absolute atomic E-state index is 13.5. The second-order valence-electron chi connectivity index (χ2n) is 9.77. The normalized spacial score (nSPS) is 20.6. The third-order valence-corrected chi connectivity index (χ3v) is 8.65. The van der Waals surface area contributed by atoms with Crippen LogP contribution < -0.4 is 0 Å². The fraction of sp³-hybridized carbons (Fsp3) is 0.444. The molecule has 2 aliphatic rings. The molecular weight excluding hydrogens is 556 g/mol. The van der Waals surface area contributed by atoms with Crippen LogP contribution in [-0.2, 0) is 9.59 Å². The largest absolute Gasteiger partial charge is 0.343 e. The summed E-state index contributed by atoms with van der Waals surface area (Å²) in [6, 6.07) is 10.1. The average Bonchev–Trinajstić information content (AvgIpc) is 2.88. The van der Waals surface area contributed by atoms with Crippen molar-refractivity contribution in [2.75, 3.05) is 33.2 Å². The smallest absolute Gasteiger partial charge is 0.253 e. The van der Waals surface area contributed by atoms with E-state index in [-0.39, 0.29) is 35.6 Å². The lowest BCUT2D eigenvalue weighted by Gasteiger charge is -2.44. The number of rotatable bonds is 4. The molecule has 4 rings (SSSR count). The first-order chi connectivity index (χ1) is 17.5. The first-order valence-corrected chi connectivity index (χ1v) is 13.8. The molecule has 0 spiro atoms. The summed E-state index contributed by atoms with van der Waals surface area (Å²) < 4.78 is 0. The van der Waals surface area contributed by atoms with Crippen molar-refractivity contribution in [3.8, 4) is 0 Å². The predicted molar refractivity (Wildman–Crippen MR) is 148 cm³/mol. The number of hydrogen-bond acceptors (Lipinski definition) is 3. The third-order valence-electron chi connectivity index (χ3n) is 7.48. The fourth-order valence-corrected chi connectivity index (χ4v) is 6.24. The molecule has 0 bridgehead atoms. The number of piperidine rings is 2. The molecule has 2 atom stereocenters. The Morgan fingerprint density at radius 1 is 0.838 bits per heavy atom. The standard InChI is InChI=1S/C27H29Cl4N3O3/c1-16(35)33-8-5-17(6-9-33)27(37)34-10-7-25(22(15-34)18-3-4-23(30)24(31)13-18)32(2)26(36)19-11-20(28)14-21(29)12-19/h3-4,11-14,17,22,25H,5-10,15H2,1-2H3/t22-,25+/m0/s1. The van der Waals surface area contributed by atoms with Crippen molar-refractivity contribution >= 4 is 64.1 Å². The molecule has 2 aliphatic heterocycles. The lowest BCUT2D eigenvalue weighted by Crippen LogP contribution is -2.53. The van der Waals surface area contributed by atoms with Crippen molar-refractivity contribution in [1.29, 1.82) is 0 Å². The summed E-state index contributed by atoms with van der Waals surface area (Å²) in [5.74, 6) is -0.346. The molecule has 0 saturated carbocycles. The van der Waals surface area contributed by atoms with Gasteiger partial charge in [-0.1, -0.05) is 52.5 Å². The monoisotopic (exact) mass is 583 g/mol. The Morgan fingerprint density at radius 2 is 1.46 bits per heavy atom. The quantitative estimate of drug-likeness (QED) is 0.442. The van der Waals surface area contributed by atoms with Gasteiger partial charge in [0.1, 0.15) is 0 Å². The first kappa shape index (κ1) is 28.0. The topological polar surface area (TPSA) is 60.9 Å². The van der Waals surface area contributed by atoms with E-state index in [1.165, 1.54) is 0 Å². The summed E-state index contributed by atoms with van der Waals surface area (Å²) in [6.45, 7) is 3.73. The van der Waals surface area contributed by atoms with E-state index in [0.717, 1.165) is 5.56 Å². The number of carbonyl (C=O) groups excluding carboxylic acids is 3. The Morgan fingerprint density at radius 3 is 2.05 bits per heavy atom. The van der Waals surface area contributed by atoms with Gasteiger partial charge in [0.15, 0.2) is 0 Å². The summed E-state index contributed by atoms with van der Waals surface area (Å²) in [4.78, 5) is 44.0. The molecule has 0 aromatic heterocycles. The highest BCUT2D eigenvalue weighted by molar-refractivity contribution is 6.42. The van der Waals surface area contributed by atoms with Crippen molar-refractivity contribution in [3.63, 3.8) is 0 Å². The Kier molecular flexibility index (Phi) is 8.95. The number of halogens is 4. The molecule has 2 heterocycles. The minimum atomic E-state index is -0.198. The van der Waals surface area contributed by atoms with Gasteiger partial charge in [-0.05, 0) is 55.2 Å². The molecule has 10 heteroatoms. The van der Waals surface area contributed by atoms with Crippen LogP contribution in [0.4, 0.5) is 0 Å². The molecule has 198 valence electrons. The minimum absolute atomic E-state index is 0.0417. The molecule has 0 N–H and O–H groups in total. The van der Waals surface area contributed by atoms with Gasteiger partial charge in [-0.15, -0.1) is 0 Å². The molecule has 2 saturated heterocycles. The van der Waals surface area contributed by atoms with Crippen LogP contribution in [0.1, 0.15) is 48.0 Å². The number of benzene rings is 2. The van der Waals surface area contributed by atoms with Gasteiger partial charge in [0.2, 0.25) is 11.8 Å². The van der Waals surface area contributed by atoms with Crippen LogP contribution in [0.15, 0.2) is 36.4 Å². The highest BCUT2D eigenvalue weighted by Crippen LogP contribution is 2.36. The van der Waals surface area contributed by atoms with Crippen molar-refractivity contribution in [2.24, 2.45) is 5.92 Å². The summed E-state index contributed by atoms with van der Waals surface area (Å²) >= 11 is 24.8. The van der Waals surface area contributed by atoms with Crippen molar-refractivity contribution in [2.45, 2.75) is 38.1 Å². The van der Waals surface area contributed by atoms with Crippen LogP contribution in [0.2, 0.25) is 20.1 Å². The minimum Gasteiger partial charge on any atom is -0.343 e. The zero-order valence-electron chi connectivity index (χ0n) is 20.7. The van der Waals surface area contributed by atoms with E-state index in [9.17, 15) is 14.4 Å². The van der Waals surface area contributed by atoms with Gasteiger partial charge >= 0.3 is 0 Å². The molecule has 3 amide bonds. The van der Waals surface area contributed by atoms with Gasteiger partial charge in [0.05, 0.1) is 10.0 Å². The number of carbonyl (C=O) groups is 3. The van der Waals surface area contributed by atoms with E-state index in [1.807, 2.05) is 17.0 Å². The van der Waals surface area contributed by atoms with Gasteiger partial charge in [0.25, 0.3) is 5.91 Å². The van der Waals surface area contributed by atoms with Gasteiger partial charge in [-0.3, -0.25) is 14.4 Å². The zero-order chi connectivity index (χ0) is 26.9. The van der Waals surface area contributed by atoms with Gasteiger partial charge in [-0.2, -0.15) is 0 Å². The molecular formula is C27H29Cl4N3O3. The lowest BCUT2D eigenvalue weighted by atomic mass is 9.83. The Bertz CT molecular complexity index is 1180. The highest BCUT2D eigenvalue weighted by Gasteiger charge is 2.39. The van der Waals surface area contributed by atoms with Gasteiger partial charge in [0, 0.05) is 73.6 Å². The lowest BCUT2D eigenvalue weighted by molar-refractivity contribution is -0.141. The zero-order valence-corrected chi connectivity index (χ0v) is 23.7. The van der Waals surface area contributed by atoms with Crippen LogP contribution in [0, 0.1) is 5.92 Å². The predicted octanol–water partition coefficient (Wildman–Crippen LogP) is 6.02. The highest BCUT2D eigenvalue weighted by atomic mass is 35.5. The molecule has 2 aromatic carbocycles. The summed E-state index contributed by atoms with van der Waals surface area (Å²) in [5.41, 5.74) is 1.32. The Balaban J connectivity index is 1.57. The number of likely N-dealkylation sites (tertiary alicyclic amines) is 2. The summed E-state index contributed by atoms with van der Waals surface area (Å²) in [6.07, 6.45) is 1.91. The molecule has 0 unspecified atom stereocenters. The maximum atomic E-state index is 13.5. The Hall–Kier alpha value is -1.99. The van der Waals surface area contributed by atoms with Crippen LogP contribution in [0.3, 0.4) is 0 Å². The fourth-order valence-electron chi connectivity index (χ4n) is 5.41. The van der Waals surface area contributed by atoms with Crippen LogP contribution in [-0.4, -0.2) is 71.7 Å². The van der Waals surface area contributed by atoms with Crippen LogP contribution >= 0.6 is 46.4 Å². The second kappa shape index (κ2) is 11.8. The maximum Gasteiger partial charge on any atom is 0.253 e. The van der Waals surface area contributed by atoms with E-state index in [4.69, 9.17) is 46.4 Å². The summed E-state index contributed by atoms with van der Waals surface area (Å²) in [7, 11) is 1.77. The van der Waals surface area contributed by atoms with Crippen LogP contribution in [0.25, 0.3) is 0 Å². The van der Waals surface area contributed by atoms with Gasteiger partial charge < -0.3 is 14.7 Å². The van der Waals surface area contributed by atoms with Crippen molar-refractivity contribution in [3.05, 3.63) is 67.6 Å². The van der Waals surface area contributed by atoms with E-state index in [1.54, 1.807) is 48.0 Å². The van der Waals surface area contributed by atoms with E-state index in [0.29, 0.717) is 71.1 Å². The SMILES string of the molecule is CC(=O)N1CCC(C(=O)N2CC[C@@H](N(C)C(=O)c3cc(Cl)cc(Cl)c3)[C@H](c3ccc(Cl)c(Cl)c3)C2)CC1.